The molecule has 2 heterocycles. The molecule has 6 N–H and O–H groups in total. The average molecular weight is 1370 g/mol. The second-order valence-corrected chi connectivity index (χ2v) is 29.9. The molecule has 0 spiro atoms. The number of aliphatic hydroxyl groups is 2. The van der Waals surface area contributed by atoms with Crippen LogP contribution < -0.4 is 21.3 Å². The molecule has 2 rings (SSSR count). The maximum Gasteiger partial charge on any atom is 0.393 e. The third-order valence-electron chi connectivity index (χ3n) is 18.2. The molecule has 10 amide bonds. The smallest absolute Gasteiger partial charge is 0.393 e. The fourth-order valence-corrected chi connectivity index (χ4v) is 12.4. The van der Waals surface area contributed by atoms with Crippen LogP contribution in [-0.2, 0) is 57.5 Å². The van der Waals surface area contributed by atoms with Crippen LogP contribution in [0.1, 0.15) is 169 Å². The van der Waals surface area contributed by atoms with Gasteiger partial charge in [0, 0.05) is 48.8 Å². The Labute approximate surface area is 569 Å². The van der Waals surface area contributed by atoms with Gasteiger partial charge in [0.15, 0.2) is 6.10 Å². The third kappa shape index (κ3) is 25.0. The van der Waals surface area contributed by atoms with Crippen LogP contribution in [0.3, 0.4) is 0 Å². The number of nitrogens with one attached hydrogen (secondary N) is 4. The summed E-state index contributed by atoms with van der Waals surface area (Å²) in [5, 5.41) is 34.6. The van der Waals surface area contributed by atoms with Crippen LogP contribution >= 0.6 is 0 Å². The van der Waals surface area contributed by atoms with Crippen LogP contribution in [0, 0.1) is 53.3 Å². The fourth-order valence-electron chi connectivity index (χ4n) is 12.4. The number of ether oxygens (including phenoxy) is 1. The summed E-state index contributed by atoms with van der Waals surface area (Å²) in [6, 6.07) is -12.9. The number of rotatable bonds is 18. The Kier molecular flexibility index (Phi) is 34.3. The molecule has 0 radical (unpaired) electrons. The molecule has 0 aromatic heterocycles. The van der Waals surface area contributed by atoms with Crippen LogP contribution in [0.15, 0.2) is 0 Å². The van der Waals surface area contributed by atoms with Crippen LogP contribution in [0.5, 0.6) is 0 Å². The minimum Gasteiger partial charge on any atom is -0.450 e. The normalized spacial score (nSPS) is 27.5. The van der Waals surface area contributed by atoms with Gasteiger partial charge in [0.2, 0.25) is 53.2 Å². The van der Waals surface area contributed by atoms with Gasteiger partial charge in [-0.3, -0.25) is 47.9 Å². The number of carbonyl (C=O) groups excluding carboxylic acids is 11. The predicted octanol–water partition coefficient (Wildman–Crippen LogP) is 4.05. The second kappa shape index (κ2) is 38.3. The summed E-state index contributed by atoms with van der Waals surface area (Å²) >= 11 is 0. The zero-order valence-corrected chi connectivity index (χ0v) is 61.7. The van der Waals surface area contributed by atoms with Gasteiger partial charge in [-0.15, -0.1) is 0 Å². The van der Waals surface area contributed by atoms with Crippen LogP contribution in [0.4, 0.5) is 13.2 Å². The quantitative estimate of drug-likeness (QED) is 0.106. The molecule has 2 fully saturated rings. The number of halogens is 3. The predicted molar refractivity (Wildman–Crippen MR) is 357 cm³/mol. The average Bonchev–Trinajstić information content (AvgIpc) is 0.842. The van der Waals surface area contributed by atoms with Gasteiger partial charge in [-0.2, -0.15) is 13.2 Å². The lowest BCUT2D eigenvalue weighted by atomic mass is 9.90. The molecule has 0 aromatic rings. The van der Waals surface area contributed by atoms with Gasteiger partial charge in [0.25, 0.3) is 5.91 Å². The molecule has 0 aromatic carbocycles. The molecule has 0 saturated carbocycles. The van der Waals surface area contributed by atoms with E-state index in [0.717, 1.165) is 24.5 Å². The maximum absolute atomic E-state index is 15.3. The topological polar surface area (TPSA) is 308 Å². The van der Waals surface area contributed by atoms with Gasteiger partial charge in [0.1, 0.15) is 54.4 Å². The first kappa shape index (κ1) is 85.9. The minimum atomic E-state index is -4.44. The van der Waals surface area contributed by atoms with Gasteiger partial charge in [-0.25, -0.2) is 4.79 Å². The van der Waals surface area contributed by atoms with Crippen molar-refractivity contribution in [1.29, 1.82) is 0 Å². The Hall–Kier alpha value is -6.16. The first-order valence-electron chi connectivity index (χ1n) is 34.3. The summed E-state index contributed by atoms with van der Waals surface area (Å²) in [7, 11) is 7.85. The highest BCUT2D eigenvalue weighted by Gasteiger charge is 2.47. The Morgan fingerprint density at radius 3 is 1.36 bits per heavy atom. The molecule has 0 bridgehead atoms. The van der Waals surface area contributed by atoms with Crippen molar-refractivity contribution in [3.8, 4) is 0 Å². The van der Waals surface area contributed by atoms with Crippen molar-refractivity contribution in [1.82, 2.24) is 55.6 Å². The van der Waals surface area contributed by atoms with Crippen molar-refractivity contribution in [2.75, 3.05) is 68.5 Å². The number of cyclic esters (lactones) is 1. The second-order valence-electron chi connectivity index (χ2n) is 29.9. The van der Waals surface area contributed by atoms with Gasteiger partial charge in [-0.05, 0) is 126 Å². The van der Waals surface area contributed by atoms with E-state index in [4.69, 9.17) is 4.74 Å². The van der Waals surface area contributed by atoms with E-state index in [1.807, 2.05) is 55.4 Å². The Bertz CT molecular complexity index is 2620. The molecule has 2 saturated heterocycles. The van der Waals surface area contributed by atoms with Gasteiger partial charge in [0.05, 0.1) is 24.7 Å². The Morgan fingerprint density at radius 2 is 0.938 bits per heavy atom. The highest BCUT2D eigenvalue weighted by Crippen LogP contribution is 2.34. The van der Waals surface area contributed by atoms with Crippen molar-refractivity contribution in [2.45, 2.75) is 248 Å². The number of piperidine rings is 1. The van der Waals surface area contributed by atoms with Crippen molar-refractivity contribution >= 4 is 65.0 Å². The lowest BCUT2D eigenvalue weighted by Crippen LogP contribution is -2.64. The number of amides is 10. The number of likely N-dealkylation sites (tertiary alicyclic amines) is 1. The third-order valence-corrected chi connectivity index (χ3v) is 18.2. The zero-order chi connectivity index (χ0) is 74.0. The maximum atomic E-state index is 15.3. The first-order valence-corrected chi connectivity index (χ1v) is 34.3. The molecule has 1 unspecified atom stereocenters. The summed E-state index contributed by atoms with van der Waals surface area (Å²) in [6.07, 6.45) is -8.89. The standard InChI is InChI=1S/C68H120F3N11O14/c1-36(2)29-47-62(90)78(20)50(32-39(7)8)58(86)72-44(16)67(95)96-57(42(13)14)66(94)79(21)51(33-40(9)10)60(88)74-48(30-37(3)4)63(91)80(22)54(41(11)12)65(93)81(23)55(56(85)43(15)26-28-82-27-24-25-46(34-82)68(69,70)71)61(89)75-53(45(17)83)64(92)76(18)35-52(84)77(19)49(31-38(5)6)59(87)73-47/h36-51,53-57,83,85H,24-35H2,1-23H3,(H,72,86)(H,73,87)(H,74,88)(H,75,89)/t43-,44+,45-,46?,47+,48+,49+,50+,51-,53+,54+,55+,56-,57-/m1/s1. The number of hydrogen-bond donors (Lipinski definition) is 6. The largest absolute Gasteiger partial charge is 0.450 e. The number of hydrogen-bond acceptors (Lipinski definition) is 15. The minimum absolute atomic E-state index is 0.0206. The van der Waals surface area contributed by atoms with Gasteiger partial charge >= 0.3 is 12.1 Å². The molecular weight excluding hydrogens is 1250 g/mol. The summed E-state index contributed by atoms with van der Waals surface area (Å²) in [4.78, 5) is 170. The van der Waals surface area contributed by atoms with Crippen molar-refractivity contribution in [3.63, 3.8) is 0 Å². The van der Waals surface area contributed by atoms with Crippen LogP contribution in [0.25, 0.3) is 0 Å². The van der Waals surface area contributed by atoms with Crippen molar-refractivity contribution in [2.24, 2.45) is 53.3 Å². The fraction of sp³-hybridized carbons (Fsp3) is 0.838. The number of alkyl halides is 3. The molecule has 2 aliphatic heterocycles. The molecule has 2 aliphatic rings. The summed E-state index contributed by atoms with van der Waals surface area (Å²) in [6.45, 7) is 28.1. The van der Waals surface area contributed by atoms with Gasteiger partial charge in [-0.1, -0.05) is 104 Å². The monoisotopic (exact) mass is 1370 g/mol. The van der Waals surface area contributed by atoms with E-state index in [0.29, 0.717) is 6.54 Å². The van der Waals surface area contributed by atoms with Crippen LogP contribution in [0.2, 0.25) is 0 Å². The summed E-state index contributed by atoms with van der Waals surface area (Å²) < 4.78 is 47.7. The van der Waals surface area contributed by atoms with Crippen LogP contribution in [-0.4, -0.2) is 257 Å². The van der Waals surface area contributed by atoms with Crippen molar-refractivity contribution in [3.05, 3.63) is 0 Å². The number of likely N-dealkylation sites (N-methyl/N-ethyl adjacent to an activating group) is 6. The summed E-state index contributed by atoms with van der Waals surface area (Å²) in [5.74, 6) is -14.4. The molecule has 14 atom stereocenters. The first-order chi connectivity index (χ1) is 44.2. The van der Waals surface area contributed by atoms with E-state index in [2.05, 4.69) is 21.3 Å². The van der Waals surface area contributed by atoms with E-state index in [1.165, 1.54) is 61.0 Å². The molecule has 0 aliphatic carbocycles. The molecule has 25 nitrogen and oxygen atoms in total. The lowest BCUT2D eigenvalue weighted by molar-refractivity contribution is -0.186. The van der Waals surface area contributed by atoms with Gasteiger partial charge < -0.3 is 70.5 Å². The molecular formula is C68H120F3N11O14. The number of aliphatic hydroxyl groups excluding tert-OH is 2. The number of nitrogens with zero attached hydrogens (tertiary/aromatic N) is 7. The highest BCUT2D eigenvalue weighted by atomic mass is 19.4. The van der Waals surface area contributed by atoms with E-state index >= 15 is 14.4 Å². The highest BCUT2D eigenvalue weighted by molar-refractivity contribution is 5.99. The Balaban J connectivity index is 3.04. The van der Waals surface area contributed by atoms with E-state index in [9.17, 15) is 61.7 Å². The SMILES string of the molecule is CC(C)C[C@@H]1NC(=O)[C@@H](CC(C)C)N(C)C(=O)[C@@H](C(C)C)OC(=O)[C@H](C)NC(=O)[C@H](CC(C)C)N(C)C(=O)[C@H](CC(C)C)NC(=O)[C@H](CC(C)C)N(C)C(=O)CN(C)C(=O)[C@H]([C@@H](C)O)NC(=O)[C@H]([C@H](O)[C@H](C)CCN2CCCC(C(F)(F)F)C2)N(C)C(=O)[C@H](C(C)C)N(C)C1=O. The zero-order valence-electron chi connectivity index (χ0n) is 61.7. The molecule has 552 valence electrons. The Morgan fingerprint density at radius 1 is 0.510 bits per heavy atom. The van der Waals surface area contributed by atoms with Crippen molar-refractivity contribution < 1.29 is 80.9 Å². The number of carbonyl (C=O) groups is 11. The summed E-state index contributed by atoms with van der Waals surface area (Å²) in [5.41, 5.74) is 0. The molecule has 96 heavy (non-hydrogen) atoms. The van der Waals surface area contributed by atoms with E-state index in [-0.39, 0.29) is 94.0 Å². The van der Waals surface area contributed by atoms with E-state index < -0.39 is 174 Å². The van der Waals surface area contributed by atoms with E-state index in [1.54, 1.807) is 53.4 Å². The lowest BCUT2D eigenvalue weighted by Gasteiger charge is -2.41. The number of esters is 1. The molecule has 28 heteroatoms.